The van der Waals surface area contributed by atoms with Crippen LogP contribution in [0.2, 0.25) is 0 Å². The summed E-state index contributed by atoms with van der Waals surface area (Å²) in [6, 6.07) is 7.12. The first kappa shape index (κ1) is 13.5. The van der Waals surface area contributed by atoms with Crippen molar-refractivity contribution in [3.63, 3.8) is 0 Å². The number of aromatic nitrogens is 1. The minimum Gasteiger partial charge on any atom is -0.326 e. The average Bonchev–Trinajstić information content (AvgIpc) is 2.79. The van der Waals surface area contributed by atoms with Crippen LogP contribution in [0, 0.1) is 5.92 Å². The van der Waals surface area contributed by atoms with Gasteiger partial charge in [0, 0.05) is 18.3 Å². The fraction of sp³-hybridized carbons (Fsp3) is 0.667. The number of rotatable bonds is 4. The summed E-state index contributed by atoms with van der Waals surface area (Å²) in [4.78, 5) is 7.08. The van der Waals surface area contributed by atoms with Crippen molar-refractivity contribution in [3.8, 4) is 0 Å². The maximum Gasteiger partial charge on any atom is 0.0673 e. The monoisotopic (exact) mass is 247 g/mol. The summed E-state index contributed by atoms with van der Waals surface area (Å²) in [5, 5.41) is 0. The molecular formula is C15H25N3. The van der Waals surface area contributed by atoms with E-state index in [1.54, 1.807) is 0 Å². The van der Waals surface area contributed by atoms with Crippen molar-refractivity contribution in [2.24, 2.45) is 11.7 Å². The lowest BCUT2D eigenvalue weighted by molar-refractivity contribution is 0.127. The topological polar surface area (TPSA) is 42.2 Å². The molecule has 100 valence electrons. The molecule has 18 heavy (non-hydrogen) atoms. The van der Waals surface area contributed by atoms with Crippen molar-refractivity contribution < 1.29 is 0 Å². The van der Waals surface area contributed by atoms with Gasteiger partial charge in [0.05, 0.1) is 11.7 Å². The maximum atomic E-state index is 6.23. The molecule has 0 spiro atoms. The van der Waals surface area contributed by atoms with E-state index < -0.39 is 0 Å². The Morgan fingerprint density at radius 3 is 2.67 bits per heavy atom. The molecule has 0 aromatic carbocycles. The van der Waals surface area contributed by atoms with Crippen LogP contribution in [0.5, 0.6) is 0 Å². The highest BCUT2D eigenvalue weighted by molar-refractivity contribution is 5.12. The molecule has 1 aliphatic heterocycles. The fourth-order valence-electron chi connectivity index (χ4n) is 3.17. The molecule has 1 fully saturated rings. The largest absolute Gasteiger partial charge is 0.326 e. The smallest absolute Gasteiger partial charge is 0.0673 e. The van der Waals surface area contributed by atoms with Gasteiger partial charge in [-0.05, 0) is 44.4 Å². The molecule has 3 atom stereocenters. The third kappa shape index (κ3) is 2.73. The summed E-state index contributed by atoms with van der Waals surface area (Å²) in [5.74, 6) is 0.678. The summed E-state index contributed by atoms with van der Waals surface area (Å²) < 4.78 is 0. The Morgan fingerprint density at radius 2 is 2.11 bits per heavy atom. The first-order chi connectivity index (χ1) is 8.61. The molecule has 0 aliphatic carbocycles. The molecule has 2 N–H and O–H groups in total. The maximum absolute atomic E-state index is 6.23. The van der Waals surface area contributed by atoms with E-state index in [1.807, 2.05) is 12.3 Å². The van der Waals surface area contributed by atoms with Gasteiger partial charge in [-0.25, -0.2) is 0 Å². The van der Waals surface area contributed by atoms with Gasteiger partial charge in [-0.2, -0.15) is 0 Å². The molecule has 3 nitrogen and oxygen atoms in total. The van der Waals surface area contributed by atoms with Crippen LogP contribution in [0.4, 0.5) is 0 Å². The second kappa shape index (κ2) is 5.81. The molecule has 0 bridgehead atoms. The van der Waals surface area contributed by atoms with Crippen LogP contribution in [0.1, 0.15) is 45.3 Å². The number of hydrogen-bond acceptors (Lipinski definition) is 3. The molecule has 1 aromatic rings. The first-order valence-electron chi connectivity index (χ1n) is 7.03. The number of hydrogen-bond donors (Lipinski definition) is 1. The van der Waals surface area contributed by atoms with Gasteiger partial charge in [-0.3, -0.25) is 9.88 Å². The van der Waals surface area contributed by atoms with Gasteiger partial charge in [0.2, 0.25) is 0 Å². The van der Waals surface area contributed by atoms with E-state index in [0.29, 0.717) is 12.0 Å². The van der Waals surface area contributed by atoms with E-state index in [-0.39, 0.29) is 12.1 Å². The van der Waals surface area contributed by atoms with E-state index in [2.05, 4.69) is 42.8 Å². The van der Waals surface area contributed by atoms with Gasteiger partial charge in [0.25, 0.3) is 0 Å². The minimum absolute atomic E-state index is 0.110. The van der Waals surface area contributed by atoms with E-state index in [0.717, 1.165) is 12.2 Å². The molecule has 0 amide bonds. The zero-order chi connectivity index (χ0) is 13.1. The predicted octanol–water partition coefficient (Wildman–Crippen LogP) is 2.59. The van der Waals surface area contributed by atoms with Crippen LogP contribution in [-0.4, -0.2) is 28.5 Å². The van der Waals surface area contributed by atoms with E-state index in [1.165, 1.54) is 12.8 Å². The molecule has 2 rings (SSSR count). The highest BCUT2D eigenvalue weighted by Gasteiger charge is 2.35. The quantitative estimate of drug-likeness (QED) is 0.889. The van der Waals surface area contributed by atoms with Gasteiger partial charge in [-0.1, -0.05) is 19.9 Å². The lowest BCUT2D eigenvalue weighted by Gasteiger charge is -2.36. The Morgan fingerprint density at radius 1 is 1.33 bits per heavy atom. The van der Waals surface area contributed by atoms with Crippen molar-refractivity contribution in [2.45, 2.75) is 51.7 Å². The number of nitrogens with zero attached hydrogens (tertiary/aromatic N) is 2. The summed E-state index contributed by atoms with van der Waals surface area (Å²) >= 11 is 0. The van der Waals surface area contributed by atoms with E-state index in [9.17, 15) is 0 Å². The van der Waals surface area contributed by atoms with Crippen LogP contribution in [0.15, 0.2) is 24.4 Å². The molecule has 0 saturated carbocycles. The molecule has 3 heteroatoms. The van der Waals surface area contributed by atoms with Crippen molar-refractivity contribution in [3.05, 3.63) is 30.1 Å². The summed E-state index contributed by atoms with van der Waals surface area (Å²) in [6.45, 7) is 7.85. The SMILES string of the molecule is CC(C)C1CCCN1C(c1ccccn1)C(C)N. The van der Waals surface area contributed by atoms with Crippen molar-refractivity contribution in [1.29, 1.82) is 0 Å². The summed E-state index contributed by atoms with van der Waals surface area (Å²) in [5.41, 5.74) is 7.34. The van der Waals surface area contributed by atoms with Gasteiger partial charge in [0.15, 0.2) is 0 Å². The zero-order valence-corrected chi connectivity index (χ0v) is 11.7. The van der Waals surface area contributed by atoms with Gasteiger partial charge >= 0.3 is 0 Å². The van der Waals surface area contributed by atoms with Crippen LogP contribution < -0.4 is 5.73 Å². The summed E-state index contributed by atoms with van der Waals surface area (Å²) in [6.07, 6.45) is 4.43. The molecule has 2 heterocycles. The molecule has 1 saturated heterocycles. The standard InChI is InChI=1S/C15H25N3/c1-11(2)14-8-6-10-18(14)15(12(3)16)13-7-4-5-9-17-13/h4-5,7,9,11-12,14-15H,6,8,10,16H2,1-3H3. The molecular weight excluding hydrogens is 222 g/mol. The Hall–Kier alpha value is -0.930. The van der Waals surface area contributed by atoms with E-state index in [4.69, 9.17) is 5.73 Å². The van der Waals surface area contributed by atoms with Gasteiger partial charge in [-0.15, -0.1) is 0 Å². The molecule has 1 aromatic heterocycles. The lowest BCUT2D eigenvalue weighted by Crippen LogP contribution is -2.44. The van der Waals surface area contributed by atoms with Crippen molar-refractivity contribution in [1.82, 2.24) is 9.88 Å². The Bertz CT molecular complexity index is 361. The molecule has 0 radical (unpaired) electrons. The predicted molar refractivity (Wildman–Crippen MR) is 75.2 cm³/mol. The fourth-order valence-corrected chi connectivity index (χ4v) is 3.17. The van der Waals surface area contributed by atoms with Crippen LogP contribution in [-0.2, 0) is 0 Å². The second-order valence-corrected chi connectivity index (χ2v) is 5.75. The molecule has 3 unspecified atom stereocenters. The normalized spacial score (nSPS) is 24.4. The average molecular weight is 247 g/mol. The van der Waals surface area contributed by atoms with Crippen LogP contribution in [0.25, 0.3) is 0 Å². The Labute approximate surface area is 110 Å². The number of nitrogens with two attached hydrogens (primary N) is 1. The van der Waals surface area contributed by atoms with Crippen LogP contribution >= 0.6 is 0 Å². The Kier molecular flexibility index (Phi) is 4.36. The minimum atomic E-state index is 0.110. The Balaban J connectivity index is 2.25. The number of pyridine rings is 1. The van der Waals surface area contributed by atoms with E-state index >= 15 is 0 Å². The molecule has 1 aliphatic rings. The highest BCUT2D eigenvalue weighted by Crippen LogP contribution is 2.33. The van der Waals surface area contributed by atoms with Crippen molar-refractivity contribution in [2.75, 3.05) is 6.54 Å². The van der Waals surface area contributed by atoms with Gasteiger partial charge < -0.3 is 5.73 Å². The third-order valence-electron chi connectivity index (χ3n) is 3.96. The highest BCUT2D eigenvalue weighted by atomic mass is 15.2. The third-order valence-corrected chi connectivity index (χ3v) is 3.96. The second-order valence-electron chi connectivity index (χ2n) is 5.75. The van der Waals surface area contributed by atoms with Crippen molar-refractivity contribution >= 4 is 0 Å². The number of likely N-dealkylation sites (tertiary alicyclic amines) is 1. The van der Waals surface area contributed by atoms with Crippen LogP contribution in [0.3, 0.4) is 0 Å². The zero-order valence-electron chi connectivity index (χ0n) is 11.7. The lowest BCUT2D eigenvalue weighted by atomic mass is 9.97. The first-order valence-corrected chi connectivity index (χ1v) is 7.03. The van der Waals surface area contributed by atoms with Gasteiger partial charge in [0.1, 0.15) is 0 Å². The summed E-state index contributed by atoms with van der Waals surface area (Å²) in [7, 11) is 0.